The normalized spacial score (nSPS) is 33.6. The highest BCUT2D eigenvalue weighted by molar-refractivity contribution is 5.98. The molecular weight excluding hydrogens is 228 g/mol. The number of carbonyl (C=O) groups is 2. The molecule has 1 unspecified atom stereocenters. The van der Waals surface area contributed by atoms with Crippen molar-refractivity contribution in [3.63, 3.8) is 0 Å². The lowest BCUT2D eigenvalue weighted by atomic mass is 9.86. The maximum Gasteiger partial charge on any atom is 0.249 e. The summed E-state index contributed by atoms with van der Waals surface area (Å²) in [6, 6.07) is 0. The third-order valence-corrected chi connectivity index (χ3v) is 5.06. The first-order valence-corrected chi connectivity index (χ1v) is 6.99. The second-order valence-electron chi connectivity index (χ2n) is 6.84. The van der Waals surface area contributed by atoms with E-state index in [4.69, 9.17) is 0 Å². The van der Waals surface area contributed by atoms with Crippen molar-refractivity contribution in [3.05, 3.63) is 0 Å². The summed E-state index contributed by atoms with van der Waals surface area (Å²) >= 11 is 0. The van der Waals surface area contributed by atoms with Gasteiger partial charge in [-0.15, -0.1) is 0 Å². The minimum atomic E-state index is -0.651. The molecule has 1 atom stereocenters. The summed E-state index contributed by atoms with van der Waals surface area (Å²) < 4.78 is 0. The van der Waals surface area contributed by atoms with Crippen LogP contribution in [0.3, 0.4) is 0 Å². The third kappa shape index (κ3) is 1.65. The predicted molar refractivity (Wildman–Crippen MR) is 67.8 cm³/mol. The van der Waals surface area contributed by atoms with Gasteiger partial charge in [-0.3, -0.25) is 9.59 Å². The summed E-state index contributed by atoms with van der Waals surface area (Å²) in [4.78, 5) is 26.6. The smallest absolute Gasteiger partial charge is 0.249 e. The highest BCUT2D eigenvalue weighted by Crippen LogP contribution is 2.47. The Hall–Kier alpha value is -1.06. The molecule has 1 aliphatic heterocycles. The molecule has 18 heavy (non-hydrogen) atoms. The van der Waals surface area contributed by atoms with Gasteiger partial charge in [0.2, 0.25) is 11.8 Å². The molecule has 0 radical (unpaired) electrons. The zero-order valence-electron chi connectivity index (χ0n) is 11.5. The molecule has 0 spiro atoms. The Balaban J connectivity index is 1.89. The molecule has 3 aliphatic rings. The molecule has 2 aliphatic carbocycles. The van der Waals surface area contributed by atoms with Crippen LogP contribution in [0.2, 0.25) is 0 Å². The van der Waals surface area contributed by atoms with Gasteiger partial charge in [0.1, 0.15) is 12.1 Å². The number of hydrogen-bond acceptors (Lipinski definition) is 2. The minimum Gasteiger partial charge on any atom is -0.340 e. The third-order valence-electron chi connectivity index (χ3n) is 5.06. The average molecular weight is 250 g/mol. The molecule has 1 heterocycles. The van der Waals surface area contributed by atoms with Crippen molar-refractivity contribution in [2.75, 3.05) is 6.54 Å². The van der Waals surface area contributed by atoms with Gasteiger partial charge < -0.3 is 10.2 Å². The first-order valence-electron chi connectivity index (χ1n) is 6.99. The van der Waals surface area contributed by atoms with Gasteiger partial charge in [0, 0.05) is 5.54 Å². The standard InChI is InChI=1S/C14H22N2O2/c1-13(2,9-4-5-9)16-8-11(17)15-14(3,12(16)18)10-6-7-10/h9-10H,4-8H2,1-3H3,(H,15,17). The summed E-state index contributed by atoms with van der Waals surface area (Å²) in [6.07, 6.45) is 4.47. The Morgan fingerprint density at radius 3 is 2.33 bits per heavy atom. The van der Waals surface area contributed by atoms with Gasteiger partial charge in [-0.25, -0.2) is 0 Å². The van der Waals surface area contributed by atoms with Gasteiger partial charge in [-0.1, -0.05) is 0 Å². The van der Waals surface area contributed by atoms with Crippen molar-refractivity contribution >= 4 is 11.8 Å². The highest BCUT2D eigenvalue weighted by Gasteiger charge is 2.56. The van der Waals surface area contributed by atoms with Crippen LogP contribution in [0.5, 0.6) is 0 Å². The zero-order chi connectivity index (χ0) is 13.1. The number of piperazine rings is 1. The Morgan fingerprint density at radius 1 is 1.22 bits per heavy atom. The number of nitrogens with zero attached hydrogens (tertiary/aromatic N) is 1. The molecule has 4 heteroatoms. The van der Waals surface area contributed by atoms with E-state index in [-0.39, 0.29) is 23.9 Å². The number of amides is 2. The van der Waals surface area contributed by atoms with Gasteiger partial charge >= 0.3 is 0 Å². The Labute approximate surface area is 108 Å². The maximum atomic E-state index is 12.8. The number of rotatable bonds is 3. The fraction of sp³-hybridized carbons (Fsp3) is 0.857. The van der Waals surface area contributed by atoms with Crippen LogP contribution >= 0.6 is 0 Å². The topological polar surface area (TPSA) is 49.4 Å². The lowest BCUT2D eigenvalue weighted by Crippen LogP contribution is -2.70. The van der Waals surface area contributed by atoms with Crippen molar-refractivity contribution in [3.8, 4) is 0 Å². The van der Waals surface area contributed by atoms with Crippen LogP contribution in [0.15, 0.2) is 0 Å². The van der Waals surface area contributed by atoms with E-state index in [2.05, 4.69) is 19.2 Å². The van der Waals surface area contributed by atoms with Crippen molar-refractivity contribution in [2.24, 2.45) is 11.8 Å². The summed E-state index contributed by atoms with van der Waals surface area (Å²) in [5.41, 5.74) is -0.827. The Kier molecular flexibility index (Phi) is 2.32. The largest absolute Gasteiger partial charge is 0.340 e. The van der Waals surface area contributed by atoms with E-state index >= 15 is 0 Å². The van der Waals surface area contributed by atoms with Crippen LogP contribution in [-0.2, 0) is 9.59 Å². The van der Waals surface area contributed by atoms with Crippen molar-refractivity contribution in [1.29, 1.82) is 0 Å². The molecular formula is C14H22N2O2. The van der Waals surface area contributed by atoms with E-state index < -0.39 is 5.54 Å². The monoisotopic (exact) mass is 250 g/mol. The Bertz CT molecular complexity index is 410. The fourth-order valence-corrected chi connectivity index (χ4v) is 3.29. The molecule has 0 aromatic heterocycles. The molecule has 0 aromatic rings. The molecule has 4 nitrogen and oxygen atoms in total. The molecule has 3 fully saturated rings. The summed E-state index contributed by atoms with van der Waals surface area (Å²) in [5.74, 6) is 1.03. The van der Waals surface area contributed by atoms with Crippen molar-refractivity contribution in [2.45, 2.75) is 57.5 Å². The van der Waals surface area contributed by atoms with E-state index in [9.17, 15) is 9.59 Å². The van der Waals surface area contributed by atoms with Gasteiger partial charge in [-0.2, -0.15) is 0 Å². The molecule has 0 aromatic carbocycles. The van der Waals surface area contributed by atoms with Gasteiger partial charge in [0.05, 0.1) is 0 Å². The average Bonchev–Trinajstić information content (AvgIpc) is 3.16. The quantitative estimate of drug-likeness (QED) is 0.821. The van der Waals surface area contributed by atoms with E-state index in [0.29, 0.717) is 11.8 Å². The van der Waals surface area contributed by atoms with E-state index in [1.807, 2.05) is 11.8 Å². The molecule has 100 valence electrons. The van der Waals surface area contributed by atoms with Gasteiger partial charge in [0.25, 0.3) is 0 Å². The van der Waals surface area contributed by atoms with Crippen molar-refractivity contribution in [1.82, 2.24) is 10.2 Å². The van der Waals surface area contributed by atoms with Crippen LogP contribution in [0.1, 0.15) is 46.5 Å². The molecule has 2 saturated carbocycles. The van der Waals surface area contributed by atoms with E-state index in [0.717, 1.165) is 12.8 Å². The molecule has 0 bridgehead atoms. The Morgan fingerprint density at radius 2 is 1.83 bits per heavy atom. The molecule has 2 amide bonds. The van der Waals surface area contributed by atoms with Crippen LogP contribution < -0.4 is 5.32 Å². The highest BCUT2D eigenvalue weighted by atomic mass is 16.2. The summed E-state index contributed by atoms with van der Waals surface area (Å²) in [6.45, 7) is 6.34. The van der Waals surface area contributed by atoms with Crippen LogP contribution in [0.25, 0.3) is 0 Å². The molecule has 3 rings (SSSR count). The minimum absolute atomic E-state index is 0.00211. The van der Waals surface area contributed by atoms with Gasteiger partial charge in [0.15, 0.2) is 0 Å². The van der Waals surface area contributed by atoms with Crippen molar-refractivity contribution < 1.29 is 9.59 Å². The lowest BCUT2D eigenvalue weighted by Gasteiger charge is -2.47. The number of hydrogen-bond donors (Lipinski definition) is 1. The fourth-order valence-electron chi connectivity index (χ4n) is 3.29. The second kappa shape index (κ2) is 3.49. The summed E-state index contributed by atoms with van der Waals surface area (Å²) in [5, 5.41) is 2.94. The first kappa shape index (κ1) is 12.0. The van der Waals surface area contributed by atoms with Crippen LogP contribution in [0, 0.1) is 11.8 Å². The summed E-state index contributed by atoms with van der Waals surface area (Å²) in [7, 11) is 0. The number of nitrogens with one attached hydrogen (secondary N) is 1. The predicted octanol–water partition coefficient (Wildman–Crippen LogP) is 1.30. The maximum absolute atomic E-state index is 12.8. The SMILES string of the molecule is CC1(C2CC2)NC(=O)CN(C(C)(C)C2CC2)C1=O. The first-order chi connectivity index (χ1) is 8.35. The second-order valence-corrected chi connectivity index (χ2v) is 6.84. The van der Waals surface area contributed by atoms with E-state index in [1.165, 1.54) is 12.8 Å². The lowest BCUT2D eigenvalue weighted by molar-refractivity contribution is -0.156. The zero-order valence-corrected chi connectivity index (χ0v) is 11.5. The van der Waals surface area contributed by atoms with Crippen LogP contribution in [0.4, 0.5) is 0 Å². The molecule has 1 N–H and O–H groups in total. The van der Waals surface area contributed by atoms with E-state index in [1.54, 1.807) is 0 Å². The number of carbonyl (C=O) groups excluding carboxylic acids is 2. The molecule has 1 saturated heterocycles. The van der Waals surface area contributed by atoms with Crippen LogP contribution in [-0.4, -0.2) is 34.3 Å². The van der Waals surface area contributed by atoms with Gasteiger partial charge in [-0.05, 0) is 58.3 Å².